The molecule has 2 aliphatic heterocycles. The summed E-state index contributed by atoms with van der Waals surface area (Å²) in [6.07, 6.45) is 2.96. The maximum absolute atomic E-state index is 14.1. The van der Waals surface area contributed by atoms with Crippen LogP contribution < -0.4 is 9.47 Å². The van der Waals surface area contributed by atoms with Gasteiger partial charge in [0.15, 0.2) is 11.5 Å². The van der Waals surface area contributed by atoms with E-state index in [9.17, 15) is 14.4 Å². The van der Waals surface area contributed by atoms with Crippen LogP contribution in [0.2, 0.25) is 0 Å². The van der Waals surface area contributed by atoms with Crippen molar-refractivity contribution in [2.24, 2.45) is 0 Å². The number of carbonyl (C=O) groups excluding carboxylic acids is 3. The second-order valence-corrected chi connectivity index (χ2v) is 8.43. The number of nitrogens with zero attached hydrogens (tertiary/aromatic N) is 4. The molecule has 10 nitrogen and oxygen atoms in total. The highest BCUT2D eigenvalue weighted by atomic mass is 16.6. The molecule has 0 N–H and O–H groups in total. The van der Waals surface area contributed by atoms with Crippen LogP contribution in [0, 0.1) is 0 Å². The van der Waals surface area contributed by atoms with Gasteiger partial charge in [0.2, 0.25) is 5.91 Å². The zero-order chi connectivity index (χ0) is 25.1. The lowest BCUT2D eigenvalue weighted by Crippen LogP contribution is -2.54. The number of rotatable bonds is 5. The molecule has 0 bridgehead atoms. The molecule has 3 heterocycles. The summed E-state index contributed by atoms with van der Waals surface area (Å²) >= 11 is 0. The number of methoxy groups -OCH3 is 2. The number of benzene rings is 1. The Morgan fingerprint density at radius 2 is 1.71 bits per heavy atom. The third kappa shape index (κ3) is 4.48. The van der Waals surface area contributed by atoms with Crippen molar-refractivity contribution < 1.29 is 28.6 Å². The molecule has 1 fully saturated rings. The number of carbonyl (C=O) groups is 3. The molecule has 0 aliphatic carbocycles. The second kappa shape index (κ2) is 10.2. The van der Waals surface area contributed by atoms with E-state index in [1.807, 2.05) is 6.07 Å². The van der Waals surface area contributed by atoms with Crippen LogP contribution in [0.1, 0.15) is 40.4 Å². The van der Waals surface area contributed by atoms with Crippen molar-refractivity contribution in [2.45, 2.75) is 18.9 Å². The predicted molar refractivity (Wildman–Crippen MR) is 127 cm³/mol. The Balaban J connectivity index is 1.74. The van der Waals surface area contributed by atoms with Gasteiger partial charge in [-0.15, -0.1) is 0 Å². The van der Waals surface area contributed by atoms with Crippen molar-refractivity contribution in [1.29, 1.82) is 0 Å². The molecule has 2 atom stereocenters. The molecule has 186 valence electrons. The topological polar surface area (TPSA) is 102 Å². The highest BCUT2D eigenvalue weighted by Crippen LogP contribution is 2.46. The average Bonchev–Trinajstić information content (AvgIpc) is 2.90. The van der Waals surface area contributed by atoms with E-state index in [4.69, 9.17) is 14.2 Å². The van der Waals surface area contributed by atoms with Crippen molar-refractivity contribution in [3.63, 3.8) is 0 Å². The summed E-state index contributed by atoms with van der Waals surface area (Å²) in [6, 6.07) is 6.45. The fourth-order valence-corrected chi connectivity index (χ4v) is 4.80. The van der Waals surface area contributed by atoms with Gasteiger partial charge >= 0.3 is 6.09 Å². The minimum absolute atomic E-state index is 0.129. The monoisotopic (exact) mass is 482 g/mol. The van der Waals surface area contributed by atoms with Crippen molar-refractivity contribution in [3.05, 3.63) is 53.3 Å². The lowest BCUT2D eigenvalue weighted by atomic mass is 9.79. The molecule has 10 heteroatoms. The first kappa shape index (κ1) is 24.3. The number of fused-ring (bicyclic) bond motifs is 1. The third-order valence-corrected chi connectivity index (χ3v) is 6.58. The molecule has 4 rings (SSSR count). The summed E-state index contributed by atoms with van der Waals surface area (Å²) in [7, 11) is 4.72. The molecule has 1 aromatic carbocycles. The van der Waals surface area contributed by atoms with Gasteiger partial charge in [-0.25, -0.2) is 4.79 Å². The molecule has 1 aromatic heterocycles. The number of hydrogen-bond acceptors (Lipinski definition) is 7. The number of piperazine rings is 1. The van der Waals surface area contributed by atoms with Gasteiger partial charge in [0, 0.05) is 51.2 Å². The zero-order valence-corrected chi connectivity index (χ0v) is 20.4. The number of hydrogen-bond donors (Lipinski definition) is 0. The van der Waals surface area contributed by atoms with Gasteiger partial charge in [-0.05, 0) is 36.2 Å². The van der Waals surface area contributed by atoms with Crippen LogP contribution in [-0.4, -0.2) is 91.6 Å². The Morgan fingerprint density at radius 3 is 2.31 bits per heavy atom. The van der Waals surface area contributed by atoms with Gasteiger partial charge in [0.25, 0.3) is 5.91 Å². The van der Waals surface area contributed by atoms with Crippen LogP contribution in [0.3, 0.4) is 0 Å². The molecule has 2 aromatic rings. The lowest BCUT2D eigenvalue weighted by Gasteiger charge is -2.43. The first-order valence-electron chi connectivity index (χ1n) is 11.5. The molecular formula is C25H30N4O6. The average molecular weight is 483 g/mol. The van der Waals surface area contributed by atoms with Gasteiger partial charge in [-0.3, -0.25) is 14.6 Å². The van der Waals surface area contributed by atoms with E-state index >= 15 is 0 Å². The van der Waals surface area contributed by atoms with E-state index in [-0.39, 0.29) is 17.9 Å². The molecule has 0 saturated carbocycles. The number of amides is 3. The number of ether oxygens (including phenoxy) is 3. The van der Waals surface area contributed by atoms with Crippen LogP contribution in [-0.2, 0) is 9.53 Å². The van der Waals surface area contributed by atoms with E-state index in [1.54, 1.807) is 59.3 Å². The molecular weight excluding hydrogens is 452 g/mol. The first-order chi connectivity index (χ1) is 16.9. The SMILES string of the molecule is CCOC(=O)N1CCN(C(=O)C2c3cc(OC)c(OC)cc3C(=O)N(C)C2c2cccnc2)CC1. The zero-order valence-electron chi connectivity index (χ0n) is 20.4. The Bertz CT molecular complexity index is 1100. The van der Waals surface area contributed by atoms with Gasteiger partial charge in [-0.2, -0.15) is 0 Å². The van der Waals surface area contributed by atoms with Gasteiger partial charge in [0.05, 0.1) is 32.8 Å². The number of pyridine rings is 1. The van der Waals surface area contributed by atoms with E-state index < -0.39 is 12.0 Å². The molecule has 3 amide bonds. The van der Waals surface area contributed by atoms with Crippen molar-refractivity contribution in [1.82, 2.24) is 19.7 Å². The van der Waals surface area contributed by atoms with Crippen LogP contribution in [0.5, 0.6) is 11.5 Å². The minimum Gasteiger partial charge on any atom is -0.493 e. The standard InChI is InChI=1S/C25H30N4O6/c1-5-35-25(32)29-11-9-28(10-12-29)24(31)21-17-13-19(33-3)20(34-4)14-18(17)23(30)27(2)22(21)16-7-6-8-26-15-16/h6-8,13-15,21-22H,5,9-12H2,1-4H3. The van der Waals surface area contributed by atoms with Gasteiger partial charge in [-0.1, -0.05) is 6.07 Å². The Kier molecular flexibility index (Phi) is 7.09. The number of likely N-dealkylation sites (N-methyl/N-ethyl adjacent to an activating group) is 1. The first-order valence-corrected chi connectivity index (χ1v) is 11.5. The van der Waals surface area contributed by atoms with Crippen molar-refractivity contribution in [3.8, 4) is 11.5 Å². The van der Waals surface area contributed by atoms with Gasteiger partial charge < -0.3 is 28.9 Å². The highest BCUT2D eigenvalue weighted by molar-refractivity contribution is 6.02. The second-order valence-electron chi connectivity index (χ2n) is 8.43. The van der Waals surface area contributed by atoms with E-state index in [0.717, 1.165) is 5.56 Å². The van der Waals surface area contributed by atoms with Crippen molar-refractivity contribution in [2.75, 3.05) is 54.1 Å². The molecule has 35 heavy (non-hydrogen) atoms. The largest absolute Gasteiger partial charge is 0.493 e. The summed E-state index contributed by atoms with van der Waals surface area (Å²) in [5, 5.41) is 0. The van der Waals surface area contributed by atoms with Crippen molar-refractivity contribution >= 4 is 17.9 Å². The summed E-state index contributed by atoms with van der Waals surface area (Å²) in [6.45, 7) is 3.56. The van der Waals surface area contributed by atoms with E-state index in [0.29, 0.717) is 55.4 Å². The summed E-state index contributed by atoms with van der Waals surface area (Å²) < 4.78 is 16.0. The Labute approximate surface area is 204 Å². The minimum atomic E-state index is -0.689. The fraction of sp³-hybridized carbons (Fsp3) is 0.440. The third-order valence-electron chi connectivity index (χ3n) is 6.58. The van der Waals surface area contributed by atoms with Gasteiger partial charge in [0.1, 0.15) is 0 Å². The highest BCUT2D eigenvalue weighted by Gasteiger charge is 2.45. The lowest BCUT2D eigenvalue weighted by molar-refractivity contribution is -0.136. The fourth-order valence-electron chi connectivity index (χ4n) is 4.80. The summed E-state index contributed by atoms with van der Waals surface area (Å²) in [5.41, 5.74) is 1.73. The smallest absolute Gasteiger partial charge is 0.409 e. The normalized spacial score (nSPS) is 19.8. The molecule has 2 unspecified atom stereocenters. The summed E-state index contributed by atoms with van der Waals surface area (Å²) in [5.74, 6) is -0.174. The van der Waals surface area contributed by atoms with Crippen LogP contribution in [0.25, 0.3) is 0 Å². The molecule has 2 aliphatic rings. The summed E-state index contributed by atoms with van der Waals surface area (Å²) in [4.78, 5) is 48.8. The van der Waals surface area contributed by atoms with E-state index in [1.165, 1.54) is 14.2 Å². The molecule has 1 saturated heterocycles. The van der Waals surface area contributed by atoms with Crippen LogP contribution >= 0.6 is 0 Å². The predicted octanol–water partition coefficient (Wildman–Crippen LogP) is 2.31. The van der Waals surface area contributed by atoms with Crippen LogP contribution in [0.15, 0.2) is 36.7 Å². The number of aromatic nitrogens is 1. The Morgan fingerprint density at radius 1 is 1.06 bits per heavy atom. The van der Waals surface area contributed by atoms with Crippen LogP contribution in [0.4, 0.5) is 4.79 Å². The quantitative estimate of drug-likeness (QED) is 0.645. The molecule has 0 spiro atoms. The maximum Gasteiger partial charge on any atom is 0.409 e. The van der Waals surface area contributed by atoms with E-state index in [2.05, 4.69) is 4.98 Å². The molecule has 0 radical (unpaired) electrons. The maximum atomic E-state index is 14.1. The Hall–Kier alpha value is -3.82.